The number of methoxy groups -OCH3 is 1. The molecule has 0 radical (unpaired) electrons. The van der Waals surface area contributed by atoms with Crippen LogP contribution in [0.2, 0.25) is 0 Å². The first kappa shape index (κ1) is 23.2. The van der Waals surface area contributed by atoms with E-state index in [9.17, 15) is 4.79 Å². The van der Waals surface area contributed by atoms with Gasteiger partial charge in [0.05, 0.1) is 6.04 Å². The molecule has 2 saturated heterocycles. The van der Waals surface area contributed by atoms with Gasteiger partial charge in [0, 0.05) is 13.7 Å². The van der Waals surface area contributed by atoms with Crippen LogP contribution in [0.1, 0.15) is 37.3 Å². The average molecular weight is 404 g/mol. The number of halogens is 2. The molecule has 148 valence electrons. The summed E-state index contributed by atoms with van der Waals surface area (Å²) in [5.74, 6) is 0.0339. The Balaban J connectivity index is 0.00000169. The van der Waals surface area contributed by atoms with E-state index in [2.05, 4.69) is 39.8 Å². The molecule has 0 aromatic heterocycles. The van der Waals surface area contributed by atoms with Gasteiger partial charge in [0.2, 0.25) is 0 Å². The number of piperidine rings is 1. The van der Waals surface area contributed by atoms with Crippen LogP contribution < -0.4 is 10.6 Å². The minimum atomic E-state index is -0.669. The molecule has 7 heteroatoms. The predicted molar refractivity (Wildman–Crippen MR) is 109 cm³/mol. The lowest BCUT2D eigenvalue weighted by atomic mass is 9.91. The van der Waals surface area contributed by atoms with Crippen molar-refractivity contribution in [3.63, 3.8) is 0 Å². The number of nitrogens with zero attached hydrogens (tertiary/aromatic N) is 1. The number of nitrogens with one attached hydrogen (secondary N) is 2. The van der Waals surface area contributed by atoms with Crippen molar-refractivity contribution in [1.29, 1.82) is 0 Å². The number of likely N-dealkylation sites (tertiary alicyclic amines) is 1. The third-order valence-electron chi connectivity index (χ3n) is 5.44. The first-order valence-corrected chi connectivity index (χ1v) is 9.08. The molecule has 3 rings (SSSR count). The summed E-state index contributed by atoms with van der Waals surface area (Å²) >= 11 is 0. The number of benzene rings is 1. The Hall–Kier alpha value is -0.850. The summed E-state index contributed by atoms with van der Waals surface area (Å²) in [6, 6.07) is 10.7. The highest BCUT2D eigenvalue weighted by Gasteiger charge is 2.40. The molecule has 0 saturated carbocycles. The van der Waals surface area contributed by atoms with Crippen LogP contribution in [0.25, 0.3) is 0 Å². The van der Waals surface area contributed by atoms with Crippen molar-refractivity contribution >= 4 is 30.7 Å². The highest BCUT2D eigenvalue weighted by molar-refractivity contribution is 5.86. The van der Waals surface area contributed by atoms with E-state index in [-0.39, 0.29) is 36.8 Å². The lowest BCUT2D eigenvalue weighted by Crippen LogP contribution is -2.55. The van der Waals surface area contributed by atoms with Gasteiger partial charge in [0.1, 0.15) is 5.60 Å². The first-order chi connectivity index (χ1) is 11.7. The van der Waals surface area contributed by atoms with E-state index in [0.717, 1.165) is 39.0 Å². The number of rotatable bonds is 6. The summed E-state index contributed by atoms with van der Waals surface area (Å²) in [6.07, 6.45) is 3.94. The van der Waals surface area contributed by atoms with E-state index in [1.165, 1.54) is 18.4 Å². The summed E-state index contributed by atoms with van der Waals surface area (Å²) in [6.45, 7) is 4.51. The fourth-order valence-corrected chi connectivity index (χ4v) is 3.89. The summed E-state index contributed by atoms with van der Waals surface area (Å²) in [5.41, 5.74) is 0.605. The maximum absolute atomic E-state index is 12.8. The molecule has 2 aliphatic heterocycles. The molecule has 1 aromatic carbocycles. The lowest BCUT2D eigenvalue weighted by Gasteiger charge is -2.36. The van der Waals surface area contributed by atoms with Gasteiger partial charge in [-0.1, -0.05) is 30.3 Å². The van der Waals surface area contributed by atoms with E-state index in [0.29, 0.717) is 6.54 Å². The maximum Gasteiger partial charge on any atom is 0.252 e. The quantitative estimate of drug-likeness (QED) is 0.765. The monoisotopic (exact) mass is 403 g/mol. The highest BCUT2D eigenvalue weighted by Crippen LogP contribution is 2.26. The molecule has 0 aliphatic carbocycles. The second-order valence-corrected chi connectivity index (χ2v) is 6.83. The largest absolute Gasteiger partial charge is 0.368 e. The lowest BCUT2D eigenvalue weighted by molar-refractivity contribution is -0.146. The summed E-state index contributed by atoms with van der Waals surface area (Å²) in [7, 11) is 1.65. The van der Waals surface area contributed by atoms with Crippen molar-refractivity contribution in [3.8, 4) is 0 Å². The summed E-state index contributed by atoms with van der Waals surface area (Å²) in [5, 5.41) is 6.48. The topological polar surface area (TPSA) is 53.6 Å². The van der Waals surface area contributed by atoms with Crippen LogP contribution in [0.4, 0.5) is 0 Å². The number of hydrogen-bond donors (Lipinski definition) is 2. The second kappa shape index (κ2) is 11.1. The molecule has 5 nitrogen and oxygen atoms in total. The zero-order valence-corrected chi connectivity index (χ0v) is 17.0. The van der Waals surface area contributed by atoms with Crippen molar-refractivity contribution in [2.45, 2.75) is 37.3 Å². The molecule has 2 N–H and O–H groups in total. The molecule has 1 unspecified atom stereocenters. The molecule has 0 bridgehead atoms. The Morgan fingerprint density at radius 3 is 2.38 bits per heavy atom. The van der Waals surface area contributed by atoms with Gasteiger partial charge in [-0.05, 0) is 57.4 Å². The molecule has 1 aromatic rings. The number of amides is 1. The molecule has 2 heterocycles. The average Bonchev–Trinajstić information content (AvgIpc) is 3.17. The number of hydrogen-bond acceptors (Lipinski definition) is 4. The van der Waals surface area contributed by atoms with Gasteiger partial charge in [-0.25, -0.2) is 0 Å². The molecule has 2 fully saturated rings. The Kier molecular flexibility index (Phi) is 9.90. The maximum atomic E-state index is 12.8. The summed E-state index contributed by atoms with van der Waals surface area (Å²) in [4.78, 5) is 15.3. The number of carbonyl (C=O) groups is 1. The minimum absolute atomic E-state index is 0. The van der Waals surface area contributed by atoms with Crippen LogP contribution in [0.3, 0.4) is 0 Å². The van der Waals surface area contributed by atoms with Crippen molar-refractivity contribution in [2.24, 2.45) is 0 Å². The van der Waals surface area contributed by atoms with Crippen LogP contribution in [-0.2, 0) is 9.53 Å². The van der Waals surface area contributed by atoms with Crippen LogP contribution in [0.15, 0.2) is 30.3 Å². The molecule has 1 amide bonds. The first-order valence-electron chi connectivity index (χ1n) is 9.08. The van der Waals surface area contributed by atoms with Crippen LogP contribution in [0, 0.1) is 0 Å². The normalized spacial score (nSPS) is 20.5. The smallest absolute Gasteiger partial charge is 0.252 e. The van der Waals surface area contributed by atoms with Crippen LogP contribution >= 0.6 is 24.8 Å². The minimum Gasteiger partial charge on any atom is -0.368 e. The van der Waals surface area contributed by atoms with Gasteiger partial charge >= 0.3 is 0 Å². The fourth-order valence-electron chi connectivity index (χ4n) is 3.89. The van der Waals surface area contributed by atoms with Gasteiger partial charge in [-0.15, -0.1) is 24.8 Å². The van der Waals surface area contributed by atoms with E-state index in [1.54, 1.807) is 7.11 Å². The van der Waals surface area contributed by atoms with Crippen molar-refractivity contribution in [3.05, 3.63) is 35.9 Å². The van der Waals surface area contributed by atoms with Gasteiger partial charge in [-0.2, -0.15) is 0 Å². The molecule has 26 heavy (non-hydrogen) atoms. The second-order valence-electron chi connectivity index (χ2n) is 6.83. The Morgan fingerprint density at radius 2 is 1.81 bits per heavy atom. The zero-order chi connectivity index (χ0) is 16.8. The van der Waals surface area contributed by atoms with E-state index in [1.807, 2.05) is 6.07 Å². The zero-order valence-electron chi connectivity index (χ0n) is 15.4. The van der Waals surface area contributed by atoms with Gasteiger partial charge < -0.3 is 15.4 Å². The molecule has 2 aliphatic rings. The van der Waals surface area contributed by atoms with Crippen LogP contribution in [-0.4, -0.2) is 56.2 Å². The van der Waals surface area contributed by atoms with E-state index in [4.69, 9.17) is 4.74 Å². The van der Waals surface area contributed by atoms with Gasteiger partial charge in [-0.3, -0.25) is 9.69 Å². The Morgan fingerprint density at radius 1 is 1.19 bits per heavy atom. The fraction of sp³-hybridized carbons (Fsp3) is 0.632. The summed E-state index contributed by atoms with van der Waals surface area (Å²) < 4.78 is 5.64. The van der Waals surface area contributed by atoms with E-state index >= 15 is 0 Å². The third kappa shape index (κ3) is 5.33. The molecule has 0 spiro atoms. The predicted octanol–water partition coefficient (Wildman–Crippen LogP) is 2.55. The Labute approximate surface area is 169 Å². The van der Waals surface area contributed by atoms with Gasteiger partial charge in [0.15, 0.2) is 0 Å². The van der Waals surface area contributed by atoms with E-state index < -0.39 is 5.60 Å². The molecular formula is C19H31Cl2N3O2. The highest BCUT2D eigenvalue weighted by atomic mass is 35.5. The van der Waals surface area contributed by atoms with Crippen molar-refractivity contribution in [2.75, 3.05) is 39.8 Å². The van der Waals surface area contributed by atoms with Crippen LogP contribution in [0.5, 0.6) is 0 Å². The number of carbonyl (C=O) groups excluding carboxylic acids is 1. The van der Waals surface area contributed by atoms with Crippen molar-refractivity contribution in [1.82, 2.24) is 15.5 Å². The SMILES string of the molecule is COC1(C(=O)NCC(c2ccccc2)N2CCCC2)CCNCC1.Cl.Cl. The molecule has 1 atom stereocenters. The standard InChI is InChI=1S/C19H29N3O2.2ClH/c1-24-19(9-11-20-12-10-19)18(23)21-15-17(22-13-5-6-14-22)16-7-3-2-4-8-16;;/h2-4,7-8,17,20H,5-6,9-15H2,1H3,(H,21,23);2*1H. The third-order valence-corrected chi connectivity index (χ3v) is 5.44. The number of ether oxygens (including phenoxy) is 1. The van der Waals surface area contributed by atoms with Gasteiger partial charge in [0.25, 0.3) is 5.91 Å². The molecular weight excluding hydrogens is 373 g/mol. The Bertz CT molecular complexity index is 533. The van der Waals surface area contributed by atoms with Crippen molar-refractivity contribution < 1.29 is 9.53 Å².